The van der Waals surface area contributed by atoms with Gasteiger partial charge in [-0.3, -0.25) is 9.59 Å². The number of carbonyl (C=O) groups excluding carboxylic acids is 1. The highest BCUT2D eigenvalue weighted by atomic mass is 19.1. The molecule has 0 radical (unpaired) electrons. The minimum atomic E-state index is -0.939. The molecule has 0 saturated heterocycles. The Kier molecular flexibility index (Phi) is 6.11. The summed E-state index contributed by atoms with van der Waals surface area (Å²) in [4.78, 5) is 22.6. The van der Waals surface area contributed by atoms with Crippen molar-refractivity contribution in [1.29, 1.82) is 0 Å². The van der Waals surface area contributed by atoms with E-state index in [1.165, 1.54) is 18.2 Å². The third kappa shape index (κ3) is 5.36. The first-order valence-corrected chi connectivity index (χ1v) is 6.41. The van der Waals surface area contributed by atoms with Crippen molar-refractivity contribution in [2.75, 3.05) is 11.9 Å². The number of halogens is 1. The molecule has 1 aromatic rings. The van der Waals surface area contributed by atoms with Crippen molar-refractivity contribution in [3.05, 3.63) is 30.1 Å². The molecule has 0 aliphatic rings. The minimum Gasteiger partial charge on any atom is -0.480 e. The maximum atomic E-state index is 12.9. The predicted octanol–water partition coefficient (Wildman–Crippen LogP) is 1.85. The lowest BCUT2D eigenvalue weighted by molar-refractivity contribution is -0.140. The SMILES string of the molecule is CC(C)C(NCCC(=O)Nc1cccc(F)c1)C(=O)O. The van der Waals surface area contributed by atoms with Crippen LogP contribution < -0.4 is 10.6 Å². The van der Waals surface area contributed by atoms with Crippen molar-refractivity contribution in [3.63, 3.8) is 0 Å². The van der Waals surface area contributed by atoms with Gasteiger partial charge in [-0.05, 0) is 24.1 Å². The van der Waals surface area contributed by atoms with Crippen LogP contribution in [0.2, 0.25) is 0 Å². The fourth-order valence-electron chi connectivity index (χ4n) is 1.74. The Labute approximate surface area is 117 Å². The van der Waals surface area contributed by atoms with E-state index in [-0.39, 0.29) is 24.8 Å². The van der Waals surface area contributed by atoms with E-state index in [2.05, 4.69) is 10.6 Å². The van der Waals surface area contributed by atoms with Gasteiger partial charge in [-0.15, -0.1) is 0 Å². The van der Waals surface area contributed by atoms with E-state index in [1.807, 2.05) is 0 Å². The maximum absolute atomic E-state index is 12.9. The van der Waals surface area contributed by atoms with Gasteiger partial charge in [0.05, 0.1) is 0 Å². The summed E-state index contributed by atoms with van der Waals surface area (Å²) in [6, 6.07) is 4.92. The number of amides is 1. The number of hydrogen-bond acceptors (Lipinski definition) is 3. The predicted molar refractivity (Wildman–Crippen MR) is 73.9 cm³/mol. The van der Waals surface area contributed by atoms with E-state index in [0.717, 1.165) is 0 Å². The molecule has 6 heteroatoms. The normalized spacial score (nSPS) is 12.2. The van der Waals surface area contributed by atoms with E-state index in [9.17, 15) is 14.0 Å². The lowest BCUT2D eigenvalue weighted by atomic mass is 10.0. The highest BCUT2D eigenvalue weighted by Gasteiger charge is 2.20. The van der Waals surface area contributed by atoms with Gasteiger partial charge in [0.25, 0.3) is 0 Å². The molecule has 0 aliphatic heterocycles. The third-order valence-electron chi connectivity index (χ3n) is 2.76. The van der Waals surface area contributed by atoms with E-state index in [4.69, 9.17) is 5.11 Å². The number of hydrogen-bond donors (Lipinski definition) is 3. The second-order valence-corrected chi connectivity index (χ2v) is 4.82. The number of anilines is 1. The Balaban J connectivity index is 2.38. The molecule has 20 heavy (non-hydrogen) atoms. The quantitative estimate of drug-likeness (QED) is 0.713. The molecular weight excluding hydrogens is 263 g/mol. The maximum Gasteiger partial charge on any atom is 0.320 e. The largest absolute Gasteiger partial charge is 0.480 e. The molecule has 1 unspecified atom stereocenters. The number of carbonyl (C=O) groups is 2. The molecule has 1 rings (SSSR count). The zero-order valence-electron chi connectivity index (χ0n) is 11.5. The van der Waals surface area contributed by atoms with Gasteiger partial charge in [0.1, 0.15) is 11.9 Å². The summed E-state index contributed by atoms with van der Waals surface area (Å²) in [5, 5.41) is 14.3. The van der Waals surface area contributed by atoms with E-state index < -0.39 is 17.8 Å². The van der Waals surface area contributed by atoms with Crippen molar-refractivity contribution in [1.82, 2.24) is 5.32 Å². The van der Waals surface area contributed by atoms with Crippen molar-refractivity contribution in [2.24, 2.45) is 5.92 Å². The van der Waals surface area contributed by atoms with Gasteiger partial charge >= 0.3 is 5.97 Å². The summed E-state index contributed by atoms with van der Waals surface area (Å²) in [6.45, 7) is 3.83. The van der Waals surface area contributed by atoms with Gasteiger partial charge in [-0.2, -0.15) is 0 Å². The molecule has 110 valence electrons. The van der Waals surface area contributed by atoms with E-state index in [0.29, 0.717) is 5.69 Å². The highest BCUT2D eigenvalue weighted by molar-refractivity contribution is 5.90. The number of nitrogens with one attached hydrogen (secondary N) is 2. The molecule has 0 aliphatic carbocycles. The molecule has 0 heterocycles. The van der Waals surface area contributed by atoms with Crippen LogP contribution in [0.3, 0.4) is 0 Å². The molecule has 1 aromatic carbocycles. The molecule has 5 nitrogen and oxygen atoms in total. The number of carboxylic acid groups (broad SMARTS) is 1. The van der Waals surface area contributed by atoms with Crippen LogP contribution in [-0.2, 0) is 9.59 Å². The summed E-state index contributed by atoms with van der Waals surface area (Å²) in [6.07, 6.45) is 0.118. The summed E-state index contributed by atoms with van der Waals surface area (Å²) < 4.78 is 12.9. The highest BCUT2D eigenvalue weighted by Crippen LogP contribution is 2.09. The summed E-state index contributed by atoms with van der Waals surface area (Å²) in [5.41, 5.74) is 0.383. The Hall–Kier alpha value is -1.95. The van der Waals surface area contributed by atoms with Crippen LogP contribution in [0.25, 0.3) is 0 Å². The van der Waals surface area contributed by atoms with Crippen LogP contribution in [0.1, 0.15) is 20.3 Å². The molecule has 1 atom stereocenters. The zero-order chi connectivity index (χ0) is 15.1. The fraction of sp³-hybridized carbons (Fsp3) is 0.429. The van der Waals surface area contributed by atoms with Crippen molar-refractivity contribution >= 4 is 17.6 Å². The Bertz CT molecular complexity index is 477. The zero-order valence-corrected chi connectivity index (χ0v) is 11.5. The Morgan fingerprint density at radius 1 is 1.35 bits per heavy atom. The lowest BCUT2D eigenvalue weighted by Gasteiger charge is -2.17. The molecular formula is C14H19FN2O3. The van der Waals surface area contributed by atoms with Crippen LogP contribution >= 0.6 is 0 Å². The van der Waals surface area contributed by atoms with Crippen LogP contribution in [-0.4, -0.2) is 29.6 Å². The first-order valence-electron chi connectivity index (χ1n) is 6.41. The molecule has 0 saturated carbocycles. The Morgan fingerprint density at radius 3 is 2.60 bits per heavy atom. The molecule has 0 fully saturated rings. The Morgan fingerprint density at radius 2 is 2.05 bits per heavy atom. The average Bonchev–Trinajstić information content (AvgIpc) is 2.33. The number of benzene rings is 1. The van der Waals surface area contributed by atoms with Crippen molar-refractivity contribution in [2.45, 2.75) is 26.3 Å². The smallest absolute Gasteiger partial charge is 0.320 e. The van der Waals surface area contributed by atoms with Crippen LogP contribution in [0.15, 0.2) is 24.3 Å². The summed E-state index contributed by atoms with van der Waals surface area (Å²) in [7, 11) is 0. The molecule has 0 aromatic heterocycles. The van der Waals surface area contributed by atoms with Gasteiger partial charge in [-0.1, -0.05) is 19.9 Å². The second kappa shape index (κ2) is 7.59. The molecule has 3 N–H and O–H groups in total. The standard InChI is InChI=1S/C14H19FN2O3/c1-9(2)13(14(19)20)16-7-6-12(18)17-11-5-3-4-10(15)8-11/h3-5,8-9,13,16H,6-7H2,1-2H3,(H,17,18)(H,19,20). The van der Waals surface area contributed by atoms with Crippen LogP contribution in [0, 0.1) is 11.7 Å². The third-order valence-corrected chi connectivity index (χ3v) is 2.76. The van der Waals surface area contributed by atoms with Gasteiger partial charge in [0.15, 0.2) is 0 Å². The monoisotopic (exact) mass is 282 g/mol. The first-order chi connectivity index (χ1) is 9.40. The lowest BCUT2D eigenvalue weighted by Crippen LogP contribution is -2.42. The number of aliphatic carboxylic acids is 1. The second-order valence-electron chi connectivity index (χ2n) is 4.82. The van der Waals surface area contributed by atoms with E-state index in [1.54, 1.807) is 19.9 Å². The topological polar surface area (TPSA) is 78.4 Å². The molecule has 0 spiro atoms. The minimum absolute atomic E-state index is 0.0706. The first kappa shape index (κ1) is 16.1. The van der Waals surface area contributed by atoms with Gasteiger partial charge in [-0.25, -0.2) is 4.39 Å². The fourth-order valence-corrected chi connectivity index (χ4v) is 1.74. The van der Waals surface area contributed by atoms with Gasteiger partial charge < -0.3 is 15.7 Å². The summed E-state index contributed by atoms with van der Waals surface area (Å²) >= 11 is 0. The van der Waals surface area contributed by atoms with Crippen molar-refractivity contribution in [3.8, 4) is 0 Å². The van der Waals surface area contributed by atoms with Gasteiger partial charge in [0, 0.05) is 18.7 Å². The van der Waals surface area contributed by atoms with Gasteiger partial charge in [0.2, 0.25) is 5.91 Å². The van der Waals surface area contributed by atoms with E-state index >= 15 is 0 Å². The number of carboxylic acids is 1. The molecule has 0 bridgehead atoms. The van der Waals surface area contributed by atoms with Crippen LogP contribution in [0.5, 0.6) is 0 Å². The van der Waals surface area contributed by atoms with Crippen LogP contribution in [0.4, 0.5) is 10.1 Å². The molecule has 1 amide bonds. The number of rotatable bonds is 7. The average molecular weight is 282 g/mol. The van der Waals surface area contributed by atoms with Crippen molar-refractivity contribution < 1.29 is 19.1 Å². The summed E-state index contributed by atoms with van der Waals surface area (Å²) in [5.74, 6) is -1.73.